The molecule has 2 heterocycles. The number of hydrogen-bond donors (Lipinski definition) is 4. The van der Waals surface area contributed by atoms with Crippen LogP contribution in [-0.2, 0) is 0 Å². The normalized spacial score (nSPS) is 17.1. The van der Waals surface area contributed by atoms with Gasteiger partial charge in [0.15, 0.2) is 0 Å². The van der Waals surface area contributed by atoms with E-state index < -0.39 is 17.1 Å². The van der Waals surface area contributed by atoms with Crippen molar-refractivity contribution < 1.29 is 5.11 Å². The molecule has 0 unspecified atom stereocenters. The van der Waals surface area contributed by atoms with Gasteiger partial charge in [-0.3, -0.25) is 24.7 Å². The number of nitrogens with one attached hydrogen (secondary N) is 3. The highest BCUT2D eigenvalue weighted by Gasteiger charge is 2.14. The maximum atomic E-state index is 11.8. The molecule has 0 aliphatic carbocycles. The minimum absolute atomic E-state index is 0.0532. The van der Waals surface area contributed by atoms with Gasteiger partial charge in [0.1, 0.15) is 5.56 Å². The summed E-state index contributed by atoms with van der Waals surface area (Å²) >= 11 is 0. The molecule has 21 heavy (non-hydrogen) atoms. The fraction of sp³-hybridized carbons (Fsp3) is 0.615. The molecule has 2 rings (SSSR count). The average Bonchev–Trinajstić information content (AvgIpc) is 2.45. The molecule has 0 aromatic carbocycles. The first-order valence-electron chi connectivity index (χ1n) is 7.14. The van der Waals surface area contributed by atoms with Crippen LogP contribution in [0, 0.1) is 0 Å². The molecule has 4 N–H and O–H groups in total. The number of piperazine rings is 1. The number of aromatic nitrogens is 2. The van der Waals surface area contributed by atoms with E-state index in [1.807, 2.05) is 6.92 Å². The van der Waals surface area contributed by atoms with Crippen LogP contribution in [0.3, 0.4) is 0 Å². The van der Waals surface area contributed by atoms with Gasteiger partial charge in [-0.2, -0.15) is 0 Å². The Morgan fingerprint density at radius 3 is 2.62 bits per heavy atom. The Morgan fingerprint density at radius 1 is 1.29 bits per heavy atom. The van der Waals surface area contributed by atoms with E-state index in [0.29, 0.717) is 18.7 Å². The van der Waals surface area contributed by atoms with Crippen LogP contribution in [0.5, 0.6) is 5.88 Å². The third-order valence-electron chi connectivity index (χ3n) is 3.47. The van der Waals surface area contributed by atoms with Crippen LogP contribution in [0.25, 0.3) is 0 Å². The molecule has 0 atom stereocenters. The number of nitrogens with zero attached hydrogens (tertiary/aromatic N) is 2. The maximum absolute atomic E-state index is 11.8. The van der Waals surface area contributed by atoms with E-state index >= 15 is 0 Å². The second-order valence-corrected chi connectivity index (χ2v) is 4.91. The summed E-state index contributed by atoms with van der Waals surface area (Å²) in [6.45, 7) is 7.15. The van der Waals surface area contributed by atoms with E-state index in [1.165, 1.54) is 0 Å². The van der Waals surface area contributed by atoms with E-state index in [-0.39, 0.29) is 5.56 Å². The molecule has 1 aliphatic rings. The number of hydrogen-bond acceptors (Lipinski definition) is 6. The minimum atomic E-state index is -0.725. The lowest BCUT2D eigenvalue weighted by Gasteiger charge is -2.26. The summed E-state index contributed by atoms with van der Waals surface area (Å²) < 4.78 is 0. The topological polar surface area (TPSA) is 114 Å². The summed E-state index contributed by atoms with van der Waals surface area (Å²) in [7, 11) is 0. The quantitative estimate of drug-likeness (QED) is 0.514. The summed E-state index contributed by atoms with van der Waals surface area (Å²) in [6, 6.07) is 0. The van der Waals surface area contributed by atoms with Crippen LogP contribution in [0.2, 0.25) is 0 Å². The maximum Gasteiger partial charge on any atom is 0.328 e. The average molecular weight is 295 g/mol. The molecular weight excluding hydrogens is 274 g/mol. The Morgan fingerprint density at radius 2 is 2.00 bits per heavy atom. The fourth-order valence-corrected chi connectivity index (χ4v) is 2.37. The van der Waals surface area contributed by atoms with Crippen LogP contribution < -0.4 is 16.6 Å². The predicted octanol–water partition coefficient (Wildman–Crippen LogP) is -1.13. The van der Waals surface area contributed by atoms with Crippen molar-refractivity contribution in [2.24, 2.45) is 4.99 Å². The van der Waals surface area contributed by atoms with Gasteiger partial charge in [-0.25, -0.2) is 4.79 Å². The van der Waals surface area contributed by atoms with Gasteiger partial charge >= 0.3 is 5.69 Å². The van der Waals surface area contributed by atoms with E-state index in [1.54, 1.807) is 0 Å². The molecule has 0 radical (unpaired) electrons. The van der Waals surface area contributed by atoms with Gasteiger partial charge in [-0.15, -0.1) is 0 Å². The highest BCUT2D eigenvalue weighted by atomic mass is 16.3. The lowest BCUT2D eigenvalue weighted by molar-refractivity contribution is 0.247. The van der Waals surface area contributed by atoms with Gasteiger partial charge in [0.05, 0.1) is 12.3 Å². The summed E-state index contributed by atoms with van der Waals surface area (Å²) in [5, 5.41) is 13.0. The summed E-state index contributed by atoms with van der Waals surface area (Å²) in [5.41, 5.74) is -0.783. The lowest BCUT2D eigenvalue weighted by atomic mass is 10.1. The minimum Gasteiger partial charge on any atom is -0.494 e. The van der Waals surface area contributed by atoms with E-state index in [4.69, 9.17) is 0 Å². The number of aromatic amines is 2. The Hall–Kier alpha value is -1.93. The highest BCUT2D eigenvalue weighted by Crippen LogP contribution is 2.09. The largest absolute Gasteiger partial charge is 0.494 e. The number of aliphatic imine (C=N–C) groups is 1. The number of rotatable bonds is 5. The Labute approximate surface area is 121 Å². The molecular formula is C13H21N5O3. The first-order chi connectivity index (χ1) is 10.1. The monoisotopic (exact) mass is 295 g/mol. The zero-order chi connectivity index (χ0) is 15.2. The molecule has 0 bridgehead atoms. The molecule has 1 aliphatic heterocycles. The molecule has 0 saturated carbocycles. The molecule has 1 aromatic rings. The molecule has 8 nitrogen and oxygen atoms in total. The van der Waals surface area contributed by atoms with Gasteiger partial charge < -0.3 is 10.4 Å². The van der Waals surface area contributed by atoms with Crippen molar-refractivity contribution >= 4 is 5.71 Å². The SMILES string of the molecule is CCC(=NCCN1CCNCC1)c1c(O)[nH]c(=O)[nH]c1=O. The van der Waals surface area contributed by atoms with Gasteiger partial charge in [0.25, 0.3) is 5.56 Å². The molecule has 1 aromatic heterocycles. The second-order valence-electron chi connectivity index (χ2n) is 4.91. The highest BCUT2D eigenvalue weighted by molar-refractivity contribution is 6.01. The van der Waals surface area contributed by atoms with Crippen LogP contribution >= 0.6 is 0 Å². The van der Waals surface area contributed by atoms with E-state index in [0.717, 1.165) is 32.7 Å². The van der Waals surface area contributed by atoms with Crippen molar-refractivity contribution in [3.8, 4) is 5.88 Å². The van der Waals surface area contributed by atoms with Crippen LogP contribution in [0.15, 0.2) is 14.6 Å². The Bertz CT molecular complexity index is 613. The van der Waals surface area contributed by atoms with Gasteiger partial charge in [-0.05, 0) is 6.42 Å². The van der Waals surface area contributed by atoms with Gasteiger partial charge in [-0.1, -0.05) is 6.92 Å². The summed E-state index contributed by atoms with van der Waals surface area (Å²) in [4.78, 5) is 33.9. The number of aromatic hydroxyl groups is 1. The molecule has 0 amide bonds. The summed E-state index contributed by atoms with van der Waals surface area (Å²) in [5.74, 6) is -0.425. The molecule has 1 saturated heterocycles. The fourth-order valence-electron chi connectivity index (χ4n) is 2.37. The molecule has 0 spiro atoms. The van der Waals surface area contributed by atoms with E-state index in [2.05, 4.69) is 25.2 Å². The van der Waals surface area contributed by atoms with Crippen LogP contribution in [0.4, 0.5) is 0 Å². The Balaban J connectivity index is 2.10. The third kappa shape index (κ3) is 4.02. The van der Waals surface area contributed by atoms with Crippen molar-refractivity contribution in [1.29, 1.82) is 0 Å². The Kier molecular flexibility index (Phi) is 5.29. The third-order valence-corrected chi connectivity index (χ3v) is 3.47. The molecule has 8 heteroatoms. The lowest BCUT2D eigenvalue weighted by Crippen LogP contribution is -2.44. The van der Waals surface area contributed by atoms with E-state index in [9.17, 15) is 14.7 Å². The van der Waals surface area contributed by atoms with Gasteiger partial charge in [0.2, 0.25) is 5.88 Å². The molecule has 1 fully saturated rings. The van der Waals surface area contributed by atoms with Crippen molar-refractivity contribution in [1.82, 2.24) is 20.2 Å². The van der Waals surface area contributed by atoms with Gasteiger partial charge in [0, 0.05) is 32.7 Å². The predicted molar refractivity (Wildman–Crippen MR) is 80.4 cm³/mol. The standard InChI is InChI=1S/C13H21N5O3/c1-2-9(10-11(19)16-13(21)17-12(10)20)15-5-8-18-6-3-14-4-7-18/h14H,2-8H2,1H3,(H3,16,17,19,20,21). The van der Waals surface area contributed by atoms with Crippen molar-refractivity contribution in [3.05, 3.63) is 26.4 Å². The molecule has 116 valence electrons. The zero-order valence-electron chi connectivity index (χ0n) is 12.1. The second kappa shape index (κ2) is 7.19. The van der Waals surface area contributed by atoms with Crippen LogP contribution in [0.1, 0.15) is 18.9 Å². The van der Waals surface area contributed by atoms with Crippen molar-refractivity contribution in [2.75, 3.05) is 39.3 Å². The van der Waals surface area contributed by atoms with Crippen molar-refractivity contribution in [3.63, 3.8) is 0 Å². The first-order valence-corrected chi connectivity index (χ1v) is 7.14. The smallest absolute Gasteiger partial charge is 0.328 e. The summed E-state index contributed by atoms with van der Waals surface area (Å²) in [6.07, 6.45) is 0.504. The first kappa shape index (κ1) is 15.5. The van der Waals surface area contributed by atoms with Crippen LogP contribution in [-0.4, -0.2) is 65.0 Å². The van der Waals surface area contributed by atoms with Crippen molar-refractivity contribution in [2.45, 2.75) is 13.3 Å². The number of H-pyrrole nitrogens is 2. The zero-order valence-corrected chi connectivity index (χ0v) is 12.1.